The zero-order valence-corrected chi connectivity index (χ0v) is 16.6. The van der Waals surface area contributed by atoms with Crippen LogP contribution in [-0.2, 0) is 9.59 Å². The molecule has 0 spiro atoms. The first-order valence-electron chi connectivity index (χ1n) is 9.07. The highest BCUT2D eigenvalue weighted by atomic mass is 35.5. The van der Waals surface area contributed by atoms with Gasteiger partial charge in [-0.15, -0.1) is 0 Å². The number of nitrogens with one attached hydrogen (secondary N) is 1. The number of aryl methyl sites for hydroxylation is 1. The number of hydrogen-bond donors (Lipinski definition) is 1. The van der Waals surface area contributed by atoms with Gasteiger partial charge in [-0.3, -0.25) is 9.59 Å². The number of rotatable bonds is 6. The molecular weight excluding hydrogens is 378 g/mol. The third-order valence-electron chi connectivity index (χ3n) is 4.51. The van der Waals surface area contributed by atoms with Gasteiger partial charge in [0.1, 0.15) is 5.75 Å². The molecule has 1 aliphatic rings. The Hall–Kier alpha value is -2.86. The second kappa shape index (κ2) is 8.89. The lowest BCUT2D eigenvalue weighted by molar-refractivity contribution is -0.123. The van der Waals surface area contributed by atoms with Crippen LogP contribution in [0, 0.1) is 6.92 Å². The van der Waals surface area contributed by atoms with Crippen molar-refractivity contribution in [2.75, 3.05) is 18.1 Å². The Kier molecular flexibility index (Phi) is 6.31. The summed E-state index contributed by atoms with van der Waals surface area (Å²) in [5.41, 5.74) is 5.76. The number of carbonyl (C=O) groups excluding carboxylic acids is 2. The summed E-state index contributed by atoms with van der Waals surface area (Å²) in [7, 11) is 0. The maximum Gasteiger partial charge on any atom is 0.277 e. The first-order valence-corrected chi connectivity index (χ1v) is 9.45. The lowest BCUT2D eigenvalue weighted by Crippen LogP contribution is -2.26. The van der Waals surface area contributed by atoms with Gasteiger partial charge in [-0.2, -0.15) is 5.10 Å². The molecule has 0 bridgehead atoms. The number of hydrogen-bond acceptors (Lipinski definition) is 4. The molecule has 7 heteroatoms. The molecule has 0 atom stereocenters. The van der Waals surface area contributed by atoms with Gasteiger partial charge in [0, 0.05) is 23.7 Å². The standard InChI is InChI=1S/C21H22ClN3O3/c1-14-12-17(22)7-10-19(14)28-13-20(26)24-23-15(2)16-5-8-18(9-6-16)25-11-3-4-21(25)27/h5-10,12H,3-4,11,13H2,1-2H3,(H,24,26)/b23-15-. The van der Waals surface area contributed by atoms with Crippen LogP contribution in [0.25, 0.3) is 0 Å². The average molecular weight is 400 g/mol. The van der Waals surface area contributed by atoms with Crippen molar-refractivity contribution in [1.29, 1.82) is 0 Å². The van der Waals surface area contributed by atoms with Gasteiger partial charge in [0.25, 0.3) is 5.91 Å². The van der Waals surface area contributed by atoms with Gasteiger partial charge < -0.3 is 9.64 Å². The minimum atomic E-state index is -0.354. The van der Waals surface area contributed by atoms with E-state index in [-0.39, 0.29) is 18.4 Å². The van der Waals surface area contributed by atoms with E-state index >= 15 is 0 Å². The molecule has 0 unspecified atom stereocenters. The smallest absolute Gasteiger partial charge is 0.277 e. The van der Waals surface area contributed by atoms with E-state index in [1.165, 1.54) is 0 Å². The summed E-state index contributed by atoms with van der Waals surface area (Å²) in [5.74, 6) is 0.404. The van der Waals surface area contributed by atoms with E-state index in [4.69, 9.17) is 16.3 Å². The third-order valence-corrected chi connectivity index (χ3v) is 4.75. The Morgan fingerprint density at radius 2 is 2.00 bits per heavy atom. The van der Waals surface area contributed by atoms with E-state index in [1.807, 2.05) is 31.2 Å². The van der Waals surface area contributed by atoms with Gasteiger partial charge in [0.15, 0.2) is 6.61 Å². The first-order chi connectivity index (χ1) is 13.4. The molecule has 0 aliphatic carbocycles. The van der Waals surface area contributed by atoms with Gasteiger partial charge in [0.2, 0.25) is 5.91 Å². The highest BCUT2D eigenvalue weighted by Gasteiger charge is 2.21. The number of carbonyl (C=O) groups is 2. The maximum absolute atomic E-state index is 12.0. The topological polar surface area (TPSA) is 71.0 Å². The fraction of sp³-hybridized carbons (Fsp3) is 0.286. The molecule has 1 aliphatic heterocycles. The highest BCUT2D eigenvalue weighted by Crippen LogP contribution is 2.22. The van der Waals surface area contributed by atoms with Crippen molar-refractivity contribution < 1.29 is 14.3 Å². The molecule has 3 rings (SSSR count). The van der Waals surface area contributed by atoms with E-state index in [9.17, 15) is 9.59 Å². The summed E-state index contributed by atoms with van der Waals surface area (Å²) < 4.78 is 5.50. The lowest BCUT2D eigenvalue weighted by atomic mass is 10.1. The summed E-state index contributed by atoms with van der Waals surface area (Å²) in [6.07, 6.45) is 1.50. The SMILES string of the molecule is C/C(=N/NC(=O)COc1ccc(Cl)cc1C)c1ccc(N2CCCC2=O)cc1. The van der Waals surface area contributed by atoms with Crippen LogP contribution in [0.3, 0.4) is 0 Å². The van der Waals surface area contributed by atoms with Crippen molar-refractivity contribution in [1.82, 2.24) is 5.43 Å². The summed E-state index contributed by atoms with van der Waals surface area (Å²) in [6, 6.07) is 12.8. The summed E-state index contributed by atoms with van der Waals surface area (Å²) in [5, 5.41) is 4.74. The number of halogens is 1. The van der Waals surface area contributed by atoms with Crippen molar-refractivity contribution in [2.24, 2.45) is 5.10 Å². The summed E-state index contributed by atoms with van der Waals surface area (Å²) in [6.45, 7) is 4.28. The first kappa shape index (κ1) is 19.9. The zero-order valence-electron chi connectivity index (χ0n) is 15.9. The van der Waals surface area contributed by atoms with E-state index < -0.39 is 0 Å². The molecule has 2 amide bonds. The number of anilines is 1. The van der Waals surface area contributed by atoms with Gasteiger partial charge in [-0.05, 0) is 61.7 Å². The monoisotopic (exact) mass is 399 g/mol. The Balaban J connectivity index is 1.54. The highest BCUT2D eigenvalue weighted by molar-refractivity contribution is 6.30. The predicted octanol–water partition coefficient (Wildman–Crippen LogP) is 3.69. The number of amides is 2. The van der Waals surface area contributed by atoms with Gasteiger partial charge in [-0.1, -0.05) is 23.7 Å². The fourth-order valence-corrected chi connectivity index (χ4v) is 3.19. The molecule has 1 heterocycles. The van der Waals surface area contributed by atoms with Crippen LogP contribution in [0.15, 0.2) is 47.6 Å². The van der Waals surface area contributed by atoms with Crippen LogP contribution in [0.4, 0.5) is 5.69 Å². The van der Waals surface area contributed by atoms with E-state index in [0.717, 1.165) is 29.8 Å². The summed E-state index contributed by atoms with van der Waals surface area (Å²) >= 11 is 5.90. The second-order valence-electron chi connectivity index (χ2n) is 6.63. The minimum Gasteiger partial charge on any atom is -0.483 e. The number of benzene rings is 2. The van der Waals surface area contributed by atoms with Crippen molar-refractivity contribution in [3.8, 4) is 5.75 Å². The zero-order chi connectivity index (χ0) is 20.1. The average Bonchev–Trinajstić information content (AvgIpc) is 3.11. The Morgan fingerprint density at radius 1 is 1.25 bits per heavy atom. The molecule has 146 valence electrons. The van der Waals surface area contributed by atoms with Crippen LogP contribution in [0.5, 0.6) is 5.75 Å². The minimum absolute atomic E-state index is 0.144. The summed E-state index contributed by atoms with van der Waals surface area (Å²) in [4.78, 5) is 25.6. The molecule has 1 N–H and O–H groups in total. The van der Waals surface area contributed by atoms with E-state index in [1.54, 1.807) is 30.0 Å². The molecule has 2 aromatic carbocycles. The molecule has 0 saturated carbocycles. The Morgan fingerprint density at radius 3 is 2.64 bits per heavy atom. The van der Waals surface area contributed by atoms with Crippen molar-refractivity contribution in [3.05, 3.63) is 58.6 Å². The molecule has 0 aromatic heterocycles. The van der Waals surface area contributed by atoms with Crippen molar-refractivity contribution >= 4 is 34.8 Å². The van der Waals surface area contributed by atoms with Crippen LogP contribution >= 0.6 is 11.6 Å². The van der Waals surface area contributed by atoms with Crippen LogP contribution in [0.1, 0.15) is 30.9 Å². The molecule has 2 aromatic rings. The quantitative estimate of drug-likeness (QED) is 0.594. The van der Waals surface area contributed by atoms with E-state index in [2.05, 4.69) is 10.5 Å². The Bertz CT molecular complexity index is 910. The van der Waals surface area contributed by atoms with Crippen LogP contribution in [-0.4, -0.2) is 30.7 Å². The van der Waals surface area contributed by atoms with Gasteiger partial charge in [-0.25, -0.2) is 5.43 Å². The van der Waals surface area contributed by atoms with Crippen LogP contribution in [0.2, 0.25) is 5.02 Å². The molecule has 1 saturated heterocycles. The van der Waals surface area contributed by atoms with Gasteiger partial charge >= 0.3 is 0 Å². The molecular formula is C21H22ClN3O3. The fourth-order valence-electron chi connectivity index (χ4n) is 2.96. The van der Waals surface area contributed by atoms with Crippen LogP contribution < -0.4 is 15.1 Å². The second-order valence-corrected chi connectivity index (χ2v) is 7.06. The number of hydrazone groups is 1. The largest absolute Gasteiger partial charge is 0.483 e. The number of nitrogens with zero attached hydrogens (tertiary/aromatic N) is 2. The number of ether oxygens (including phenoxy) is 1. The predicted molar refractivity (Wildman–Crippen MR) is 110 cm³/mol. The van der Waals surface area contributed by atoms with Crippen molar-refractivity contribution in [2.45, 2.75) is 26.7 Å². The molecule has 0 radical (unpaired) electrons. The van der Waals surface area contributed by atoms with E-state index in [0.29, 0.717) is 22.9 Å². The Labute approximate surface area is 169 Å². The molecule has 28 heavy (non-hydrogen) atoms. The molecule has 1 fully saturated rings. The third kappa shape index (κ3) is 4.89. The molecule has 6 nitrogen and oxygen atoms in total. The van der Waals surface area contributed by atoms with Crippen molar-refractivity contribution in [3.63, 3.8) is 0 Å². The lowest BCUT2D eigenvalue weighted by Gasteiger charge is -2.15. The maximum atomic E-state index is 12.0. The van der Waals surface area contributed by atoms with Gasteiger partial charge in [0.05, 0.1) is 5.71 Å². The normalized spacial score (nSPS) is 14.3.